The third-order valence-corrected chi connectivity index (χ3v) is 4.56. The van der Waals surface area contributed by atoms with Crippen molar-refractivity contribution < 1.29 is 32.7 Å². The number of hydrogen-bond donors (Lipinski definition) is 1. The molecule has 0 radical (unpaired) electrons. The standard InChI is InChI=1S/C18H21F3N2O4/c1-22(11-16(25)23-8-2-3-13(10-23)17(26)27)15(24)9-12-4-6-14(7-5-12)18(19,20)21/h4-7,13H,2-3,8-11H2,1H3,(H,26,27). The summed E-state index contributed by atoms with van der Waals surface area (Å²) in [6, 6.07) is 4.29. The highest BCUT2D eigenvalue weighted by Crippen LogP contribution is 2.29. The number of rotatable bonds is 5. The van der Waals surface area contributed by atoms with Gasteiger partial charge in [0.05, 0.1) is 24.4 Å². The van der Waals surface area contributed by atoms with Crippen LogP contribution >= 0.6 is 0 Å². The predicted octanol–water partition coefficient (Wildman–Crippen LogP) is 2.03. The van der Waals surface area contributed by atoms with Crippen LogP contribution < -0.4 is 0 Å². The first-order valence-corrected chi connectivity index (χ1v) is 8.48. The van der Waals surface area contributed by atoms with E-state index in [1.54, 1.807) is 0 Å². The fraction of sp³-hybridized carbons (Fsp3) is 0.500. The Morgan fingerprint density at radius 3 is 2.41 bits per heavy atom. The normalized spacial score (nSPS) is 17.5. The number of alkyl halides is 3. The van der Waals surface area contributed by atoms with Crippen LogP contribution in [0.3, 0.4) is 0 Å². The number of carbonyl (C=O) groups is 3. The zero-order valence-electron chi connectivity index (χ0n) is 14.8. The number of nitrogens with zero attached hydrogens (tertiary/aromatic N) is 2. The van der Waals surface area contributed by atoms with E-state index in [1.165, 1.54) is 29.0 Å². The van der Waals surface area contributed by atoms with E-state index in [0.717, 1.165) is 12.1 Å². The third kappa shape index (κ3) is 5.70. The number of piperidine rings is 1. The molecule has 1 aliphatic heterocycles. The first-order chi connectivity index (χ1) is 12.6. The van der Waals surface area contributed by atoms with E-state index < -0.39 is 29.5 Å². The molecule has 2 amide bonds. The van der Waals surface area contributed by atoms with Gasteiger partial charge in [-0.05, 0) is 30.5 Å². The van der Waals surface area contributed by atoms with Crippen LogP contribution in [0.4, 0.5) is 13.2 Å². The van der Waals surface area contributed by atoms with E-state index in [9.17, 15) is 27.6 Å². The Hall–Kier alpha value is -2.58. The van der Waals surface area contributed by atoms with Crippen molar-refractivity contribution in [1.29, 1.82) is 0 Å². The largest absolute Gasteiger partial charge is 0.481 e. The van der Waals surface area contributed by atoms with Gasteiger partial charge in [0.15, 0.2) is 0 Å². The molecule has 1 unspecified atom stereocenters. The number of amides is 2. The van der Waals surface area contributed by atoms with Crippen LogP contribution in [0, 0.1) is 5.92 Å². The Labute approximate surface area is 154 Å². The minimum Gasteiger partial charge on any atom is -0.481 e. The Morgan fingerprint density at radius 1 is 1.22 bits per heavy atom. The minimum absolute atomic E-state index is 0.120. The molecule has 6 nitrogen and oxygen atoms in total. The maximum atomic E-state index is 12.6. The van der Waals surface area contributed by atoms with Crippen LogP contribution in [-0.2, 0) is 27.0 Å². The maximum absolute atomic E-state index is 12.6. The molecular weight excluding hydrogens is 365 g/mol. The smallest absolute Gasteiger partial charge is 0.416 e. The highest BCUT2D eigenvalue weighted by Gasteiger charge is 2.30. The average Bonchev–Trinajstić information content (AvgIpc) is 2.61. The summed E-state index contributed by atoms with van der Waals surface area (Å²) in [5.74, 6) is -2.30. The summed E-state index contributed by atoms with van der Waals surface area (Å²) in [7, 11) is 1.43. The molecule has 9 heteroatoms. The lowest BCUT2D eigenvalue weighted by Crippen LogP contribution is -2.47. The van der Waals surface area contributed by atoms with E-state index in [2.05, 4.69) is 0 Å². The van der Waals surface area contributed by atoms with E-state index in [4.69, 9.17) is 5.11 Å². The number of likely N-dealkylation sites (N-methyl/N-ethyl adjacent to an activating group) is 1. The van der Waals surface area contributed by atoms with Crippen molar-refractivity contribution in [2.45, 2.75) is 25.4 Å². The molecule has 1 N–H and O–H groups in total. The number of aliphatic carboxylic acids is 1. The van der Waals surface area contributed by atoms with Gasteiger partial charge in [0, 0.05) is 20.1 Å². The van der Waals surface area contributed by atoms with Crippen LogP contribution in [0.2, 0.25) is 0 Å². The van der Waals surface area contributed by atoms with Crippen LogP contribution in [0.1, 0.15) is 24.0 Å². The first-order valence-electron chi connectivity index (χ1n) is 8.48. The molecule has 1 aliphatic rings. The van der Waals surface area contributed by atoms with Gasteiger partial charge in [-0.2, -0.15) is 13.2 Å². The molecule has 2 rings (SSSR count). The molecule has 1 aromatic rings. The maximum Gasteiger partial charge on any atom is 0.416 e. The SMILES string of the molecule is CN(CC(=O)N1CCCC(C(=O)O)C1)C(=O)Cc1ccc(C(F)(F)F)cc1. The number of carbonyl (C=O) groups excluding carboxylic acids is 2. The number of hydrogen-bond acceptors (Lipinski definition) is 3. The van der Waals surface area contributed by atoms with Crippen LogP contribution in [0.25, 0.3) is 0 Å². The second-order valence-electron chi connectivity index (χ2n) is 6.64. The molecule has 27 heavy (non-hydrogen) atoms. The van der Waals surface area contributed by atoms with Crippen LogP contribution in [0.5, 0.6) is 0 Å². The lowest BCUT2D eigenvalue weighted by atomic mass is 9.98. The van der Waals surface area contributed by atoms with Gasteiger partial charge in [0.1, 0.15) is 0 Å². The molecule has 0 saturated carbocycles. The predicted molar refractivity (Wildman–Crippen MR) is 89.7 cm³/mol. The monoisotopic (exact) mass is 386 g/mol. The highest BCUT2D eigenvalue weighted by atomic mass is 19.4. The Morgan fingerprint density at radius 2 is 1.85 bits per heavy atom. The van der Waals surface area contributed by atoms with Gasteiger partial charge in [-0.25, -0.2) is 0 Å². The van der Waals surface area contributed by atoms with Crippen LogP contribution in [-0.4, -0.2) is 59.4 Å². The first kappa shape index (κ1) is 20.7. The number of carboxylic acids is 1. The van der Waals surface area contributed by atoms with Crippen molar-refractivity contribution in [2.75, 3.05) is 26.7 Å². The van der Waals surface area contributed by atoms with E-state index in [1.807, 2.05) is 0 Å². The molecule has 0 spiro atoms. The Bertz CT molecular complexity index is 704. The topological polar surface area (TPSA) is 77.9 Å². The summed E-state index contributed by atoms with van der Waals surface area (Å²) in [5, 5.41) is 9.07. The number of halogens is 3. The van der Waals surface area contributed by atoms with Gasteiger partial charge in [-0.15, -0.1) is 0 Å². The van der Waals surface area contributed by atoms with Gasteiger partial charge >= 0.3 is 12.1 Å². The Kier molecular flexibility index (Phi) is 6.45. The molecule has 1 aromatic carbocycles. The molecule has 1 saturated heterocycles. The van der Waals surface area contributed by atoms with Gasteiger partial charge in [-0.3, -0.25) is 14.4 Å². The summed E-state index contributed by atoms with van der Waals surface area (Å²) in [6.07, 6.45) is -3.46. The van der Waals surface area contributed by atoms with E-state index in [0.29, 0.717) is 24.9 Å². The second kappa shape index (κ2) is 8.41. The van der Waals surface area contributed by atoms with Crippen molar-refractivity contribution in [3.05, 3.63) is 35.4 Å². The van der Waals surface area contributed by atoms with E-state index in [-0.39, 0.29) is 25.4 Å². The summed E-state index contributed by atoms with van der Waals surface area (Å²) < 4.78 is 37.7. The van der Waals surface area contributed by atoms with Gasteiger partial charge in [0.2, 0.25) is 11.8 Å². The third-order valence-electron chi connectivity index (χ3n) is 4.56. The van der Waals surface area contributed by atoms with E-state index >= 15 is 0 Å². The molecule has 0 aliphatic carbocycles. The van der Waals surface area contributed by atoms with Gasteiger partial charge in [0.25, 0.3) is 0 Å². The fourth-order valence-electron chi connectivity index (χ4n) is 2.92. The zero-order chi connectivity index (χ0) is 20.2. The molecular formula is C18H21F3N2O4. The van der Waals surface area contributed by atoms with Crippen molar-refractivity contribution in [3.8, 4) is 0 Å². The second-order valence-corrected chi connectivity index (χ2v) is 6.64. The molecule has 0 bridgehead atoms. The lowest BCUT2D eigenvalue weighted by molar-refractivity contribution is -0.147. The molecule has 1 fully saturated rings. The number of benzene rings is 1. The van der Waals surface area contributed by atoms with Crippen molar-refractivity contribution in [1.82, 2.24) is 9.80 Å². The summed E-state index contributed by atoms with van der Waals surface area (Å²) in [4.78, 5) is 38.2. The molecule has 1 heterocycles. The number of carboxylic acid groups (broad SMARTS) is 1. The summed E-state index contributed by atoms with van der Waals surface area (Å²) in [6.45, 7) is 0.366. The molecule has 0 aromatic heterocycles. The van der Waals surface area contributed by atoms with Crippen molar-refractivity contribution in [2.24, 2.45) is 5.92 Å². The lowest BCUT2D eigenvalue weighted by Gasteiger charge is -2.32. The zero-order valence-corrected chi connectivity index (χ0v) is 14.8. The molecule has 1 atom stereocenters. The quantitative estimate of drug-likeness (QED) is 0.840. The highest BCUT2D eigenvalue weighted by molar-refractivity contribution is 5.86. The van der Waals surface area contributed by atoms with Crippen LogP contribution in [0.15, 0.2) is 24.3 Å². The van der Waals surface area contributed by atoms with Crippen molar-refractivity contribution >= 4 is 17.8 Å². The molecule has 148 valence electrons. The van der Waals surface area contributed by atoms with Crippen molar-refractivity contribution in [3.63, 3.8) is 0 Å². The fourth-order valence-corrected chi connectivity index (χ4v) is 2.92. The van der Waals surface area contributed by atoms with Gasteiger partial charge < -0.3 is 14.9 Å². The average molecular weight is 386 g/mol. The minimum atomic E-state index is -4.44. The van der Waals surface area contributed by atoms with Gasteiger partial charge in [-0.1, -0.05) is 12.1 Å². The number of likely N-dealkylation sites (tertiary alicyclic amines) is 1. The summed E-state index contributed by atoms with van der Waals surface area (Å²) in [5.41, 5.74) is -0.378. The summed E-state index contributed by atoms with van der Waals surface area (Å²) >= 11 is 0. The Balaban J connectivity index is 1.89.